The molecule has 9 heteroatoms. The molecule has 3 rings (SSSR count). The van der Waals surface area contributed by atoms with Crippen molar-refractivity contribution < 1.29 is 9.72 Å². The number of aromatic amines is 1. The van der Waals surface area contributed by atoms with E-state index in [1.807, 2.05) is 11.0 Å². The maximum Gasteiger partial charge on any atom is 0.274 e. The highest BCUT2D eigenvalue weighted by Gasteiger charge is 2.23. The van der Waals surface area contributed by atoms with Crippen molar-refractivity contribution >= 4 is 17.3 Å². The molecule has 1 aromatic carbocycles. The second-order valence-corrected chi connectivity index (χ2v) is 5.36. The van der Waals surface area contributed by atoms with Gasteiger partial charge in [-0.2, -0.15) is 5.10 Å². The summed E-state index contributed by atoms with van der Waals surface area (Å²) in [6.07, 6.45) is 0. The van der Waals surface area contributed by atoms with Crippen LogP contribution < -0.4 is 10.5 Å². The molecule has 0 spiro atoms. The molecule has 0 atom stereocenters. The fourth-order valence-corrected chi connectivity index (χ4v) is 2.60. The predicted molar refractivity (Wildman–Crippen MR) is 86.1 cm³/mol. The van der Waals surface area contributed by atoms with E-state index in [1.54, 1.807) is 11.0 Å². The normalized spacial score (nSPS) is 14.5. The largest absolute Gasteiger partial charge is 0.368 e. The van der Waals surface area contributed by atoms with E-state index in [-0.39, 0.29) is 22.8 Å². The van der Waals surface area contributed by atoms with Crippen molar-refractivity contribution in [3.05, 3.63) is 62.6 Å². The number of H-pyrrole nitrogens is 1. The topological polar surface area (TPSA) is 112 Å². The molecular formula is C15H15N5O4. The van der Waals surface area contributed by atoms with E-state index in [1.165, 1.54) is 24.3 Å². The quantitative estimate of drug-likeness (QED) is 0.653. The first kappa shape index (κ1) is 15.7. The lowest BCUT2D eigenvalue weighted by molar-refractivity contribution is -0.384. The third-order valence-electron chi connectivity index (χ3n) is 3.87. The highest BCUT2D eigenvalue weighted by molar-refractivity contribution is 5.92. The number of carbonyl (C=O) groups excluding carboxylic acids is 1. The van der Waals surface area contributed by atoms with Gasteiger partial charge in [0.25, 0.3) is 17.2 Å². The first-order valence-electron chi connectivity index (χ1n) is 7.39. The van der Waals surface area contributed by atoms with Crippen LogP contribution in [-0.4, -0.2) is 52.1 Å². The second-order valence-electron chi connectivity index (χ2n) is 5.36. The molecule has 0 aliphatic carbocycles. The van der Waals surface area contributed by atoms with Crippen molar-refractivity contribution in [2.75, 3.05) is 31.1 Å². The van der Waals surface area contributed by atoms with E-state index in [0.29, 0.717) is 26.2 Å². The molecule has 1 amide bonds. The highest BCUT2D eigenvalue weighted by Crippen LogP contribution is 2.22. The number of nitrogens with zero attached hydrogens (tertiary/aromatic N) is 4. The fourth-order valence-electron chi connectivity index (χ4n) is 2.60. The van der Waals surface area contributed by atoms with Gasteiger partial charge in [-0.3, -0.25) is 19.7 Å². The Balaban J connectivity index is 1.66. The molecule has 0 unspecified atom stereocenters. The first-order chi connectivity index (χ1) is 11.5. The Kier molecular flexibility index (Phi) is 4.23. The molecule has 2 aromatic rings. The Morgan fingerprint density at radius 1 is 1.17 bits per heavy atom. The SMILES string of the molecule is O=C(c1ccc(=O)[nH]n1)N1CCN(c2cccc([N+](=O)[O-])c2)CC1. The zero-order chi connectivity index (χ0) is 17.1. The van der Waals surface area contributed by atoms with Crippen molar-refractivity contribution in [2.24, 2.45) is 0 Å². The highest BCUT2D eigenvalue weighted by atomic mass is 16.6. The summed E-state index contributed by atoms with van der Waals surface area (Å²) in [6.45, 7) is 2.08. The first-order valence-corrected chi connectivity index (χ1v) is 7.39. The van der Waals surface area contributed by atoms with E-state index in [4.69, 9.17) is 0 Å². The van der Waals surface area contributed by atoms with Crippen LogP contribution in [0, 0.1) is 10.1 Å². The lowest BCUT2D eigenvalue weighted by Crippen LogP contribution is -2.49. The Bertz CT molecular complexity index is 806. The summed E-state index contributed by atoms with van der Waals surface area (Å²) >= 11 is 0. The molecular weight excluding hydrogens is 314 g/mol. The summed E-state index contributed by atoms with van der Waals surface area (Å²) in [6, 6.07) is 9.10. The molecule has 24 heavy (non-hydrogen) atoms. The Morgan fingerprint density at radius 2 is 1.92 bits per heavy atom. The maximum absolute atomic E-state index is 12.3. The molecule has 0 saturated carbocycles. The number of hydrogen-bond donors (Lipinski definition) is 1. The molecule has 124 valence electrons. The van der Waals surface area contributed by atoms with Crippen LogP contribution in [0.25, 0.3) is 0 Å². The summed E-state index contributed by atoms with van der Waals surface area (Å²) < 4.78 is 0. The van der Waals surface area contributed by atoms with E-state index in [2.05, 4.69) is 10.2 Å². The van der Waals surface area contributed by atoms with Gasteiger partial charge in [0.05, 0.1) is 4.92 Å². The molecule has 1 aliphatic heterocycles. The van der Waals surface area contributed by atoms with E-state index >= 15 is 0 Å². The molecule has 9 nitrogen and oxygen atoms in total. The van der Waals surface area contributed by atoms with E-state index < -0.39 is 4.92 Å². The smallest absolute Gasteiger partial charge is 0.274 e. The summed E-state index contributed by atoms with van der Waals surface area (Å²) in [4.78, 5) is 37.4. The summed E-state index contributed by atoms with van der Waals surface area (Å²) in [5.74, 6) is -0.245. The van der Waals surface area contributed by atoms with Gasteiger partial charge in [-0.1, -0.05) is 6.07 Å². The Hall–Kier alpha value is -3.23. The van der Waals surface area contributed by atoms with Crippen LogP contribution in [0.5, 0.6) is 0 Å². The number of nitro groups is 1. The van der Waals surface area contributed by atoms with E-state index in [0.717, 1.165) is 5.69 Å². The second kappa shape index (κ2) is 6.49. The summed E-state index contributed by atoms with van der Waals surface area (Å²) in [5.41, 5.74) is 0.641. The minimum atomic E-state index is -0.425. The number of amides is 1. The summed E-state index contributed by atoms with van der Waals surface area (Å²) in [7, 11) is 0. The molecule has 1 fully saturated rings. The lowest BCUT2D eigenvalue weighted by Gasteiger charge is -2.35. The zero-order valence-electron chi connectivity index (χ0n) is 12.7. The average molecular weight is 329 g/mol. The number of aromatic nitrogens is 2. The number of nitro benzene ring substituents is 1. The number of rotatable bonds is 3. The molecule has 1 saturated heterocycles. The lowest BCUT2D eigenvalue weighted by atomic mass is 10.2. The van der Waals surface area contributed by atoms with Crippen molar-refractivity contribution in [3.63, 3.8) is 0 Å². The average Bonchev–Trinajstić information content (AvgIpc) is 2.62. The van der Waals surface area contributed by atoms with Crippen LogP contribution in [0.2, 0.25) is 0 Å². The number of anilines is 1. The van der Waals surface area contributed by atoms with Crippen LogP contribution in [-0.2, 0) is 0 Å². The monoisotopic (exact) mass is 329 g/mol. The van der Waals surface area contributed by atoms with Crippen LogP contribution in [0.1, 0.15) is 10.5 Å². The minimum absolute atomic E-state index is 0.0449. The molecule has 0 radical (unpaired) electrons. The third-order valence-corrected chi connectivity index (χ3v) is 3.87. The van der Waals surface area contributed by atoms with Gasteiger partial charge in [-0.25, -0.2) is 5.10 Å². The Morgan fingerprint density at radius 3 is 2.54 bits per heavy atom. The summed E-state index contributed by atoms with van der Waals surface area (Å²) in [5, 5.41) is 16.8. The number of nitrogens with one attached hydrogen (secondary N) is 1. The van der Waals surface area contributed by atoms with Gasteiger partial charge >= 0.3 is 0 Å². The standard InChI is InChI=1S/C15H15N5O4/c21-14-5-4-13(16-17-14)15(22)19-8-6-18(7-9-19)11-2-1-3-12(10-11)20(23)24/h1-5,10H,6-9H2,(H,17,21). The van der Waals surface area contributed by atoms with Gasteiger partial charge in [0.15, 0.2) is 0 Å². The van der Waals surface area contributed by atoms with Gasteiger partial charge < -0.3 is 9.80 Å². The van der Waals surface area contributed by atoms with Crippen LogP contribution in [0.15, 0.2) is 41.2 Å². The van der Waals surface area contributed by atoms with Crippen LogP contribution in [0.4, 0.5) is 11.4 Å². The number of hydrogen-bond acceptors (Lipinski definition) is 6. The number of benzene rings is 1. The van der Waals surface area contributed by atoms with Crippen molar-refractivity contribution in [1.82, 2.24) is 15.1 Å². The zero-order valence-corrected chi connectivity index (χ0v) is 12.7. The molecule has 0 bridgehead atoms. The van der Waals surface area contributed by atoms with Gasteiger partial charge in [-0.05, 0) is 12.1 Å². The van der Waals surface area contributed by atoms with Gasteiger partial charge in [0.2, 0.25) is 0 Å². The van der Waals surface area contributed by atoms with Gasteiger partial charge in [0.1, 0.15) is 5.69 Å². The maximum atomic E-state index is 12.3. The van der Waals surface area contributed by atoms with Crippen molar-refractivity contribution in [3.8, 4) is 0 Å². The third kappa shape index (κ3) is 3.24. The predicted octanol–water partition coefficient (Wildman–Crippen LogP) is 0.640. The van der Waals surface area contributed by atoms with Crippen molar-refractivity contribution in [2.45, 2.75) is 0 Å². The molecule has 1 N–H and O–H groups in total. The molecule has 2 heterocycles. The van der Waals surface area contributed by atoms with Crippen LogP contribution >= 0.6 is 0 Å². The number of piperazine rings is 1. The van der Waals surface area contributed by atoms with Crippen molar-refractivity contribution in [1.29, 1.82) is 0 Å². The van der Waals surface area contributed by atoms with Gasteiger partial charge in [-0.15, -0.1) is 0 Å². The minimum Gasteiger partial charge on any atom is -0.368 e. The van der Waals surface area contributed by atoms with Crippen LogP contribution in [0.3, 0.4) is 0 Å². The number of non-ortho nitro benzene ring substituents is 1. The molecule has 1 aromatic heterocycles. The van der Waals surface area contributed by atoms with E-state index in [9.17, 15) is 19.7 Å². The Labute approximate surface area is 136 Å². The number of carbonyl (C=O) groups is 1. The fraction of sp³-hybridized carbons (Fsp3) is 0.267. The van der Waals surface area contributed by atoms with Gasteiger partial charge in [0, 0.05) is 50.1 Å². The molecule has 1 aliphatic rings.